The van der Waals surface area contributed by atoms with Crippen LogP contribution in [0.3, 0.4) is 0 Å². The molecular formula is C32H47NO7. The smallest absolute Gasteiger partial charge is 0.410 e. The lowest BCUT2D eigenvalue weighted by atomic mass is 9.68. The van der Waals surface area contributed by atoms with Crippen LogP contribution < -0.4 is 9.47 Å². The number of ether oxygens (including phenoxy) is 5. The van der Waals surface area contributed by atoms with Crippen LogP contribution in [0.1, 0.15) is 91.7 Å². The predicted octanol–water partition coefficient (Wildman–Crippen LogP) is 6.62. The lowest BCUT2D eigenvalue weighted by molar-refractivity contribution is -0.191. The second-order valence-electron chi connectivity index (χ2n) is 12.9. The molecule has 1 aromatic carbocycles. The van der Waals surface area contributed by atoms with Gasteiger partial charge in [-0.2, -0.15) is 0 Å². The van der Waals surface area contributed by atoms with Crippen LogP contribution in [0.25, 0.3) is 0 Å². The van der Waals surface area contributed by atoms with Crippen molar-refractivity contribution in [2.45, 2.75) is 103 Å². The lowest BCUT2D eigenvalue weighted by Gasteiger charge is -2.54. The van der Waals surface area contributed by atoms with Crippen molar-refractivity contribution in [1.82, 2.24) is 4.90 Å². The maximum Gasteiger partial charge on any atom is 0.410 e. The van der Waals surface area contributed by atoms with Gasteiger partial charge in [-0.05, 0) is 85.8 Å². The van der Waals surface area contributed by atoms with Gasteiger partial charge < -0.3 is 28.6 Å². The largest absolute Gasteiger partial charge is 0.493 e. The van der Waals surface area contributed by atoms with Crippen LogP contribution in [0.5, 0.6) is 11.5 Å². The maximum atomic E-state index is 12.8. The van der Waals surface area contributed by atoms with Gasteiger partial charge in [0, 0.05) is 43.0 Å². The summed E-state index contributed by atoms with van der Waals surface area (Å²) in [5.41, 5.74) is 1.39. The van der Waals surface area contributed by atoms with E-state index in [4.69, 9.17) is 23.7 Å². The summed E-state index contributed by atoms with van der Waals surface area (Å²) >= 11 is 0. The van der Waals surface area contributed by atoms with Crippen molar-refractivity contribution in [2.75, 3.05) is 26.8 Å². The van der Waals surface area contributed by atoms with Crippen LogP contribution >= 0.6 is 0 Å². The number of esters is 1. The molecule has 3 aliphatic heterocycles. The molecule has 1 aromatic rings. The van der Waals surface area contributed by atoms with Gasteiger partial charge >= 0.3 is 12.1 Å². The van der Waals surface area contributed by atoms with E-state index in [9.17, 15) is 9.59 Å². The number of likely N-dealkylation sites (tertiary alicyclic amines) is 1. The summed E-state index contributed by atoms with van der Waals surface area (Å²) in [4.78, 5) is 26.1. The number of hydrogen-bond donors (Lipinski definition) is 0. The fourth-order valence-corrected chi connectivity index (χ4v) is 6.15. The molecule has 4 rings (SSSR count). The van der Waals surface area contributed by atoms with E-state index in [-0.39, 0.29) is 36.1 Å². The molecule has 3 aliphatic rings. The number of fused-ring (bicyclic) bond motifs is 4. The number of benzene rings is 1. The summed E-state index contributed by atoms with van der Waals surface area (Å²) in [7, 11) is 1.39. The molecule has 1 amide bonds. The third-order valence-corrected chi connectivity index (χ3v) is 8.19. The van der Waals surface area contributed by atoms with Crippen molar-refractivity contribution in [3.05, 3.63) is 35.4 Å². The fourth-order valence-electron chi connectivity index (χ4n) is 6.15. The van der Waals surface area contributed by atoms with Crippen LogP contribution in [0.2, 0.25) is 0 Å². The molecule has 2 saturated heterocycles. The number of carbonyl (C=O) groups is 2. The van der Waals surface area contributed by atoms with Crippen LogP contribution in [0.4, 0.5) is 4.79 Å². The molecule has 0 spiro atoms. The van der Waals surface area contributed by atoms with E-state index in [1.165, 1.54) is 12.7 Å². The third-order valence-electron chi connectivity index (χ3n) is 8.19. The highest BCUT2D eigenvalue weighted by atomic mass is 16.6. The Kier molecular flexibility index (Phi) is 9.38. The molecule has 0 radical (unpaired) electrons. The Morgan fingerprint density at radius 2 is 2.00 bits per heavy atom. The van der Waals surface area contributed by atoms with E-state index in [1.807, 2.05) is 37.8 Å². The molecule has 0 unspecified atom stereocenters. The number of rotatable bonds is 8. The minimum Gasteiger partial charge on any atom is -0.493 e. The van der Waals surface area contributed by atoms with Crippen molar-refractivity contribution in [3.8, 4) is 11.5 Å². The van der Waals surface area contributed by atoms with Crippen molar-refractivity contribution < 1.29 is 33.3 Å². The zero-order valence-corrected chi connectivity index (χ0v) is 25.3. The summed E-state index contributed by atoms with van der Waals surface area (Å²) in [6.07, 6.45) is 6.42. The summed E-state index contributed by atoms with van der Waals surface area (Å²) < 4.78 is 30.0. The van der Waals surface area contributed by atoms with Gasteiger partial charge in [0.2, 0.25) is 0 Å². The first kappa shape index (κ1) is 30.2. The zero-order chi connectivity index (χ0) is 29.1. The molecule has 0 aliphatic carbocycles. The van der Waals surface area contributed by atoms with Gasteiger partial charge in [-0.25, -0.2) is 4.79 Å². The highest BCUT2D eigenvalue weighted by molar-refractivity contribution is 5.69. The normalized spacial score (nSPS) is 27.3. The fraction of sp³-hybridized carbons (Fsp3) is 0.688. The van der Waals surface area contributed by atoms with Gasteiger partial charge in [-0.1, -0.05) is 11.6 Å². The second kappa shape index (κ2) is 12.4. The Labute approximate surface area is 239 Å². The summed E-state index contributed by atoms with van der Waals surface area (Å²) in [5.74, 6) is 1.66. The van der Waals surface area contributed by atoms with E-state index in [0.717, 1.165) is 37.0 Å². The summed E-state index contributed by atoms with van der Waals surface area (Å²) in [5, 5.41) is 0. The molecule has 8 nitrogen and oxygen atoms in total. The molecule has 222 valence electrons. The molecule has 0 aromatic heterocycles. The summed E-state index contributed by atoms with van der Waals surface area (Å²) in [6, 6.07) is 5.99. The number of allylic oxidation sites excluding steroid dienone is 2. The second-order valence-corrected chi connectivity index (χ2v) is 12.9. The average molecular weight is 558 g/mol. The molecule has 5 atom stereocenters. The highest BCUT2D eigenvalue weighted by Crippen LogP contribution is 2.55. The van der Waals surface area contributed by atoms with Crippen molar-refractivity contribution in [2.24, 2.45) is 11.8 Å². The number of hydrogen-bond acceptors (Lipinski definition) is 7. The van der Waals surface area contributed by atoms with E-state index >= 15 is 0 Å². The molecule has 8 heteroatoms. The number of carbonyl (C=O) groups excluding carboxylic acids is 2. The van der Waals surface area contributed by atoms with Crippen LogP contribution in [-0.4, -0.2) is 61.1 Å². The predicted molar refractivity (Wildman–Crippen MR) is 153 cm³/mol. The number of methoxy groups -OCH3 is 1. The topological polar surface area (TPSA) is 83.5 Å². The van der Waals surface area contributed by atoms with Crippen LogP contribution in [0, 0.1) is 11.8 Å². The first-order chi connectivity index (χ1) is 18.9. The SMILES string of the molecule is COC(=O)CCCOc1ccc2c(c1)O[C@](C)(CCC=C(C)C)[C@H]1C[C@H]3CN(C(=O)OC(C)(C)C)CC[C@@H]3O[C@H]21. The Balaban J connectivity index is 1.53. The highest BCUT2D eigenvalue weighted by Gasteiger charge is 2.53. The minimum atomic E-state index is -0.517. The first-order valence-electron chi connectivity index (χ1n) is 14.7. The van der Waals surface area contributed by atoms with E-state index in [2.05, 4.69) is 32.9 Å². The van der Waals surface area contributed by atoms with Gasteiger partial charge in [0.05, 0.1) is 25.9 Å². The van der Waals surface area contributed by atoms with E-state index in [1.54, 1.807) is 0 Å². The van der Waals surface area contributed by atoms with Gasteiger partial charge in [0.1, 0.15) is 22.7 Å². The van der Waals surface area contributed by atoms with E-state index < -0.39 is 11.2 Å². The Bertz CT molecular complexity index is 1090. The zero-order valence-electron chi connectivity index (χ0n) is 25.3. The molecular weight excluding hydrogens is 510 g/mol. The molecule has 2 fully saturated rings. The van der Waals surface area contributed by atoms with E-state index in [0.29, 0.717) is 38.3 Å². The van der Waals surface area contributed by atoms with Crippen molar-refractivity contribution in [1.29, 1.82) is 0 Å². The molecule has 40 heavy (non-hydrogen) atoms. The number of amides is 1. The Hall–Kier alpha value is -2.74. The molecule has 0 saturated carbocycles. The van der Waals surface area contributed by atoms with Gasteiger partial charge in [-0.3, -0.25) is 4.79 Å². The number of piperidine rings is 1. The van der Waals surface area contributed by atoms with Crippen LogP contribution in [0.15, 0.2) is 29.8 Å². The third kappa shape index (κ3) is 7.31. The Morgan fingerprint density at radius 1 is 1.23 bits per heavy atom. The van der Waals surface area contributed by atoms with Gasteiger partial charge in [0.15, 0.2) is 0 Å². The average Bonchev–Trinajstić information content (AvgIpc) is 2.88. The Morgan fingerprint density at radius 3 is 2.70 bits per heavy atom. The quantitative estimate of drug-likeness (QED) is 0.202. The molecule has 0 bridgehead atoms. The minimum absolute atomic E-state index is 0.0804. The molecule has 3 heterocycles. The maximum absolute atomic E-state index is 12.8. The van der Waals surface area contributed by atoms with Crippen LogP contribution in [-0.2, 0) is 19.0 Å². The monoisotopic (exact) mass is 557 g/mol. The number of nitrogens with zero attached hydrogens (tertiary/aromatic N) is 1. The molecule has 0 N–H and O–H groups in total. The van der Waals surface area contributed by atoms with Gasteiger partial charge in [-0.15, -0.1) is 0 Å². The lowest BCUT2D eigenvalue weighted by Crippen LogP contribution is -2.57. The summed E-state index contributed by atoms with van der Waals surface area (Å²) in [6.45, 7) is 13.8. The first-order valence-corrected chi connectivity index (χ1v) is 14.7. The van der Waals surface area contributed by atoms with Crippen molar-refractivity contribution in [3.63, 3.8) is 0 Å². The van der Waals surface area contributed by atoms with Gasteiger partial charge in [0.25, 0.3) is 0 Å². The standard InChI is InChI=1S/C32H47NO7/c1-21(2)10-8-15-32(6)25-18-22-20-33(30(35)40-31(3,4)5)16-14-26(22)38-29(25)24-13-12-23(19-27(24)39-32)37-17-9-11-28(34)36-7/h10,12-13,19,22,25-26,29H,8-9,11,14-18,20H2,1-7H3/t22-,25-,26-,29+,32+/m0/s1. The van der Waals surface area contributed by atoms with Crippen molar-refractivity contribution >= 4 is 12.1 Å².